The second-order valence-corrected chi connectivity index (χ2v) is 10.5. The quantitative estimate of drug-likeness (QED) is 0.377. The zero-order valence-electron chi connectivity index (χ0n) is 21.8. The summed E-state index contributed by atoms with van der Waals surface area (Å²) in [5.41, 5.74) is 0.639. The number of aryl methyl sites for hydroxylation is 1. The summed E-state index contributed by atoms with van der Waals surface area (Å²) in [5.74, 6) is 0.140. The van der Waals surface area contributed by atoms with Gasteiger partial charge in [-0.15, -0.1) is 0 Å². The summed E-state index contributed by atoms with van der Waals surface area (Å²) in [6.45, 7) is 8.13. The average molecular weight is 545 g/mol. The monoisotopic (exact) mass is 544 g/mol. The normalized spacial score (nSPS) is 15.2. The lowest BCUT2D eigenvalue weighted by Gasteiger charge is -2.33. The molecule has 0 bridgehead atoms. The van der Waals surface area contributed by atoms with E-state index in [1.165, 1.54) is 18.2 Å². The Morgan fingerprint density at radius 2 is 1.79 bits per heavy atom. The molecular formula is C26H27F3N6O4. The van der Waals surface area contributed by atoms with Gasteiger partial charge in [-0.05, 0) is 52.7 Å². The minimum Gasteiger partial charge on any atom is -0.444 e. The van der Waals surface area contributed by atoms with Crippen LogP contribution in [0.3, 0.4) is 0 Å². The molecule has 1 aliphatic rings. The summed E-state index contributed by atoms with van der Waals surface area (Å²) in [7, 11) is 0. The molecule has 206 valence electrons. The predicted octanol–water partition coefficient (Wildman–Crippen LogP) is 5.18. The fourth-order valence-corrected chi connectivity index (χ4v) is 4.66. The Hall–Kier alpha value is -4.16. The van der Waals surface area contributed by atoms with Crippen LogP contribution in [0.2, 0.25) is 0 Å². The van der Waals surface area contributed by atoms with Gasteiger partial charge in [-0.25, -0.2) is 9.31 Å². The standard InChI is InChI=1S/C26H27F3N6O4/c1-14-20(23-31-21(33-39-23)16-5-7-17(8-6-16)26(27,28)29)22-30-19(36)13-18(35(22)32-14)15-9-11-34(12-10-15)24(37)38-25(2,3)4/h5-8,13,15H,9-12H2,1-4H3,(H,30,36). The molecule has 4 aromatic rings. The molecule has 13 heteroatoms. The molecule has 1 fully saturated rings. The zero-order chi connectivity index (χ0) is 28.1. The van der Waals surface area contributed by atoms with Crippen LogP contribution in [-0.4, -0.2) is 54.4 Å². The highest BCUT2D eigenvalue weighted by Crippen LogP contribution is 2.34. The minimum absolute atomic E-state index is 0.0361. The molecule has 39 heavy (non-hydrogen) atoms. The lowest BCUT2D eigenvalue weighted by molar-refractivity contribution is -0.137. The second kappa shape index (κ2) is 9.54. The van der Waals surface area contributed by atoms with Gasteiger partial charge in [0.1, 0.15) is 16.8 Å². The van der Waals surface area contributed by atoms with Crippen LogP contribution in [0.4, 0.5) is 18.0 Å². The number of piperidine rings is 1. The summed E-state index contributed by atoms with van der Waals surface area (Å²) < 4.78 is 51.3. The van der Waals surface area contributed by atoms with Crippen molar-refractivity contribution in [1.82, 2.24) is 29.6 Å². The van der Waals surface area contributed by atoms with Crippen molar-refractivity contribution >= 4 is 11.7 Å². The van der Waals surface area contributed by atoms with Crippen molar-refractivity contribution in [3.8, 4) is 22.8 Å². The number of alkyl halides is 3. The van der Waals surface area contributed by atoms with Crippen LogP contribution in [-0.2, 0) is 10.9 Å². The Bertz CT molecular complexity index is 1570. The van der Waals surface area contributed by atoms with Gasteiger partial charge in [-0.2, -0.15) is 23.3 Å². The van der Waals surface area contributed by atoms with E-state index in [0.717, 1.165) is 12.1 Å². The van der Waals surface area contributed by atoms with Gasteiger partial charge < -0.3 is 19.1 Å². The maximum atomic E-state index is 12.9. The van der Waals surface area contributed by atoms with Gasteiger partial charge in [-0.1, -0.05) is 17.3 Å². The number of amides is 1. The van der Waals surface area contributed by atoms with E-state index >= 15 is 0 Å². The van der Waals surface area contributed by atoms with Crippen LogP contribution in [0.15, 0.2) is 39.6 Å². The Labute approximate surface area is 220 Å². The van der Waals surface area contributed by atoms with Gasteiger partial charge in [0.25, 0.3) is 11.4 Å². The summed E-state index contributed by atoms with van der Waals surface area (Å²) in [5, 5.41) is 8.54. The minimum atomic E-state index is -4.45. The third-order valence-electron chi connectivity index (χ3n) is 6.50. The first-order valence-corrected chi connectivity index (χ1v) is 12.4. The fourth-order valence-electron chi connectivity index (χ4n) is 4.66. The number of hydrogen-bond donors (Lipinski definition) is 1. The van der Waals surface area contributed by atoms with E-state index in [1.807, 2.05) is 20.8 Å². The molecule has 10 nitrogen and oxygen atoms in total. The van der Waals surface area contributed by atoms with Crippen LogP contribution in [0.1, 0.15) is 56.5 Å². The molecule has 0 aliphatic carbocycles. The second-order valence-electron chi connectivity index (χ2n) is 10.5. The van der Waals surface area contributed by atoms with E-state index in [2.05, 4.69) is 20.2 Å². The molecule has 1 aromatic carbocycles. The number of fused-ring (bicyclic) bond motifs is 1. The number of H-pyrrole nitrogens is 1. The van der Waals surface area contributed by atoms with Crippen LogP contribution in [0, 0.1) is 6.92 Å². The van der Waals surface area contributed by atoms with Gasteiger partial charge in [0.15, 0.2) is 0 Å². The third-order valence-corrected chi connectivity index (χ3v) is 6.50. The number of aromatic nitrogens is 5. The number of ether oxygens (including phenoxy) is 1. The van der Waals surface area contributed by atoms with Gasteiger partial charge in [0, 0.05) is 30.6 Å². The van der Waals surface area contributed by atoms with Crippen molar-refractivity contribution in [2.45, 2.75) is 58.2 Å². The summed E-state index contributed by atoms with van der Waals surface area (Å²) in [6.07, 6.45) is -3.59. The Morgan fingerprint density at radius 3 is 2.41 bits per heavy atom. The van der Waals surface area contributed by atoms with E-state index in [9.17, 15) is 22.8 Å². The van der Waals surface area contributed by atoms with Gasteiger partial charge in [0.2, 0.25) is 5.82 Å². The number of carbonyl (C=O) groups excluding carboxylic acids is 1. The molecule has 5 rings (SSSR count). The Morgan fingerprint density at radius 1 is 1.13 bits per heavy atom. The zero-order valence-corrected chi connectivity index (χ0v) is 21.8. The summed E-state index contributed by atoms with van der Waals surface area (Å²) in [6, 6.07) is 5.93. The maximum absolute atomic E-state index is 12.9. The Kier molecular flexibility index (Phi) is 6.47. The van der Waals surface area contributed by atoms with Crippen molar-refractivity contribution in [2.75, 3.05) is 13.1 Å². The number of aromatic amines is 1. The SMILES string of the molecule is Cc1nn2c(C3CCN(C(=O)OC(C)(C)C)CC3)cc(=O)[nH]c2c1-c1nc(-c2ccc(C(F)(F)F)cc2)no1. The van der Waals surface area contributed by atoms with E-state index in [1.54, 1.807) is 16.3 Å². The van der Waals surface area contributed by atoms with Crippen LogP contribution in [0.5, 0.6) is 0 Å². The molecule has 1 N–H and O–H groups in total. The molecule has 0 radical (unpaired) electrons. The average Bonchev–Trinajstić information content (AvgIpc) is 3.46. The van der Waals surface area contributed by atoms with Crippen molar-refractivity contribution in [3.63, 3.8) is 0 Å². The highest BCUT2D eigenvalue weighted by atomic mass is 19.4. The number of nitrogens with zero attached hydrogens (tertiary/aromatic N) is 5. The van der Waals surface area contributed by atoms with Crippen LogP contribution in [0.25, 0.3) is 28.5 Å². The molecule has 0 spiro atoms. The number of rotatable bonds is 3. The molecule has 1 aliphatic heterocycles. The van der Waals surface area contributed by atoms with Crippen LogP contribution < -0.4 is 5.56 Å². The first kappa shape index (κ1) is 26.4. The molecule has 1 saturated heterocycles. The number of benzene rings is 1. The highest BCUT2D eigenvalue weighted by Gasteiger charge is 2.31. The van der Waals surface area contributed by atoms with Gasteiger partial charge in [0.05, 0.1) is 17.0 Å². The number of halogens is 3. The molecule has 3 aromatic heterocycles. The number of hydrogen-bond acceptors (Lipinski definition) is 7. The molecular weight excluding hydrogens is 517 g/mol. The lowest BCUT2D eigenvalue weighted by atomic mass is 9.93. The topological polar surface area (TPSA) is 119 Å². The smallest absolute Gasteiger partial charge is 0.416 e. The Balaban J connectivity index is 1.42. The largest absolute Gasteiger partial charge is 0.444 e. The van der Waals surface area contributed by atoms with E-state index in [0.29, 0.717) is 54.1 Å². The lowest BCUT2D eigenvalue weighted by Crippen LogP contribution is -2.41. The molecule has 1 amide bonds. The van der Waals surface area contributed by atoms with Crippen molar-refractivity contribution in [2.24, 2.45) is 0 Å². The number of nitrogens with one attached hydrogen (secondary N) is 1. The third kappa shape index (κ3) is 5.38. The summed E-state index contributed by atoms with van der Waals surface area (Å²) >= 11 is 0. The molecule has 4 heterocycles. The molecule has 0 unspecified atom stereocenters. The highest BCUT2D eigenvalue weighted by molar-refractivity contribution is 5.75. The summed E-state index contributed by atoms with van der Waals surface area (Å²) in [4.78, 5) is 33.9. The van der Waals surface area contributed by atoms with E-state index in [4.69, 9.17) is 9.26 Å². The van der Waals surface area contributed by atoms with E-state index < -0.39 is 17.3 Å². The first-order valence-electron chi connectivity index (χ1n) is 12.4. The van der Waals surface area contributed by atoms with E-state index in [-0.39, 0.29) is 29.3 Å². The number of carbonyl (C=O) groups is 1. The molecule has 0 atom stereocenters. The van der Waals surface area contributed by atoms with Gasteiger partial charge >= 0.3 is 12.3 Å². The predicted molar refractivity (Wildman–Crippen MR) is 134 cm³/mol. The number of likely N-dealkylation sites (tertiary alicyclic amines) is 1. The van der Waals surface area contributed by atoms with Gasteiger partial charge in [-0.3, -0.25) is 4.79 Å². The fraction of sp³-hybridized carbons (Fsp3) is 0.423. The first-order chi connectivity index (χ1) is 18.3. The maximum Gasteiger partial charge on any atom is 0.416 e. The van der Waals surface area contributed by atoms with Crippen molar-refractivity contribution < 1.29 is 27.2 Å². The van der Waals surface area contributed by atoms with Crippen LogP contribution >= 0.6 is 0 Å². The van der Waals surface area contributed by atoms with Crippen molar-refractivity contribution in [3.05, 3.63) is 57.6 Å². The van der Waals surface area contributed by atoms with Crippen molar-refractivity contribution in [1.29, 1.82) is 0 Å². The molecule has 0 saturated carbocycles.